The van der Waals surface area contributed by atoms with Crippen LogP contribution in [0.4, 0.5) is 5.82 Å². The van der Waals surface area contributed by atoms with E-state index in [-0.39, 0.29) is 0 Å². The molecule has 23 heavy (non-hydrogen) atoms. The molecule has 0 aliphatic heterocycles. The third-order valence-corrected chi connectivity index (χ3v) is 3.75. The fourth-order valence-corrected chi connectivity index (χ4v) is 2.31. The Bertz CT molecular complexity index is 709. The molecule has 6 nitrogen and oxygen atoms in total. The smallest absolute Gasteiger partial charge is 0.341 e. The van der Waals surface area contributed by atoms with Crippen molar-refractivity contribution in [3.8, 4) is 0 Å². The van der Waals surface area contributed by atoms with Crippen LogP contribution in [0.15, 0.2) is 41.7 Å². The zero-order chi connectivity index (χ0) is 16.8. The number of esters is 1. The van der Waals surface area contributed by atoms with Crippen LogP contribution in [0.5, 0.6) is 0 Å². The molecule has 120 valence electrons. The van der Waals surface area contributed by atoms with E-state index in [1.54, 1.807) is 36.7 Å². The highest BCUT2D eigenvalue weighted by molar-refractivity contribution is 7.98. The van der Waals surface area contributed by atoms with Gasteiger partial charge in [-0.3, -0.25) is 4.79 Å². The highest BCUT2D eigenvalue weighted by atomic mass is 35.5. The van der Waals surface area contributed by atoms with E-state index in [2.05, 4.69) is 15.3 Å². The molecule has 0 fully saturated rings. The molecule has 0 saturated heterocycles. The number of ether oxygens (including phenoxy) is 1. The Morgan fingerprint density at radius 3 is 2.74 bits per heavy atom. The second kappa shape index (κ2) is 7.94. The SMILES string of the molecule is CSc1ncccc1C(=O)O[C@H](C)C(=O)Nc1ccc(Cl)cn1. The maximum absolute atomic E-state index is 12.1. The minimum absolute atomic E-state index is 0.323. The van der Waals surface area contributed by atoms with Crippen LogP contribution in [0.1, 0.15) is 17.3 Å². The van der Waals surface area contributed by atoms with Gasteiger partial charge in [0, 0.05) is 12.4 Å². The van der Waals surface area contributed by atoms with Gasteiger partial charge >= 0.3 is 5.97 Å². The summed E-state index contributed by atoms with van der Waals surface area (Å²) in [6.07, 6.45) is 3.83. The molecule has 2 heterocycles. The maximum Gasteiger partial charge on any atom is 0.341 e. The van der Waals surface area contributed by atoms with Gasteiger partial charge in [0.05, 0.1) is 10.6 Å². The summed E-state index contributed by atoms with van der Waals surface area (Å²) in [7, 11) is 0. The van der Waals surface area contributed by atoms with Crippen LogP contribution < -0.4 is 5.32 Å². The van der Waals surface area contributed by atoms with Crippen molar-refractivity contribution in [1.82, 2.24) is 9.97 Å². The number of aromatic nitrogens is 2. The predicted octanol–water partition coefficient (Wildman–Crippen LogP) is 3.04. The highest BCUT2D eigenvalue weighted by Crippen LogP contribution is 2.18. The van der Waals surface area contributed by atoms with Gasteiger partial charge in [0.2, 0.25) is 0 Å². The Kier molecular flexibility index (Phi) is 5.95. The van der Waals surface area contributed by atoms with Gasteiger partial charge in [-0.2, -0.15) is 0 Å². The molecule has 2 rings (SSSR count). The number of nitrogens with one attached hydrogen (secondary N) is 1. The Morgan fingerprint density at radius 2 is 2.09 bits per heavy atom. The number of halogens is 1. The van der Waals surface area contributed by atoms with E-state index >= 15 is 0 Å². The summed E-state index contributed by atoms with van der Waals surface area (Å²) in [6, 6.07) is 6.40. The van der Waals surface area contributed by atoms with Crippen molar-refractivity contribution < 1.29 is 14.3 Å². The van der Waals surface area contributed by atoms with Crippen LogP contribution in [0, 0.1) is 0 Å². The van der Waals surface area contributed by atoms with Gasteiger partial charge in [0.25, 0.3) is 5.91 Å². The van der Waals surface area contributed by atoms with Crippen molar-refractivity contribution in [3.63, 3.8) is 0 Å². The number of hydrogen-bond donors (Lipinski definition) is 1. The molecular weight excluding hydrogens is 338 g/mol. The van der Waals surface area contributed by atoms with Gasteiger partial charge in [0.15, 0.2) is 6.10 Å². The highest BCUT2D eigenvalue weighted by Gasteiger charge is 2.21. The monoisotopic (exact) mass is 351 g/mol. The summed E-state index contributed by atoms with van der Waals surface area (Å²) in [5.74, 6) is -0.759. The lowest BCUT2D eigenvalue weighted by molar-refractivity contribution is -0.123. The quantitative estimate of drug-likeness (QED) is 0.658. The third-order valence-electron chi connectivity index (χ3n) is 2.82. The lowest BCUT2D eigenvalue weighted by Gasteiger charge is -2.14. The molecule has 0 saturated carbocycles. The van der Waals surface area contributed by atoms with Crippen molar-refractivity contribution in [3.05, 3.63) is 47.2 Å². The number of carbonyl (C=O) groups excluding carboxylic acids is 2. The largest absolute Gasteiger partial charge is 0.449 e. The number of pyridine rings is 2. The van der Waals surface area contributed by atoms with Crippen molar-refractivity contribution in [2.45, 2.75) is 18.1 Å². The fourth-order valence-electron chi connectivity index (χ4n) is 1.66. The molecule has 1 atom stereocenters. The van der Waals surface area contributed by atoms with Crippen LogP contribution in [-0.4, -0.2) is 34.2 Å². The second-order valence-electron chi connectivity index (χ2n) is 4.46. The summed E-state index contributed by atoms with van der Waals surface area (Å²) in [5, 5.41) is 3.56. The summed E-state index contributed by atoms with van der Waals surface area (Å²) in [6.45, 7) is 1.48. The van der Waals surface area contributed by atoms with Crippen LogP contribution in [0.25, 0.3) is 0 Å². The molecule has 0 aromatic carbocycles. The Morgan fingerprint density at radius 1 is 1.30 bits per heavy atom. The van der Waals surface area contributed by atoms with E-state index in [1.807, 2.05) is 0 Å². The first-order chi connectivity index (χ1) is 11.0. The molecule has 0 unspecified atom stereocenters. The van der Waals surface area contributed by atoms with E-state index in [9.17, 15) is 9.59 Å². The minimum Gasteiger partial charge on any atom is -0.449 e. The summed E-state index contributed by atoms with van der Waals surface area (Å²) < 4.78 is 5.18. The van der Waals surface area contributed by atoms with Crippen LogP contribution in [0.3, 0.4) is 0 Å². The first-order valence-corrected chi connectivity index (χ1v) is 8.24. The number of anilines is 1. The zero-order valence-electron chi connectivity index (χ0n) is 12.4. The topological polar surface area (TPSA) is 81.2 Å². The average Bonchev–Trinajstić information content (AvgIpc) is 2.56. The van der Waals surface area contributed by atoms with Gasteiger partial charge in [0.1, 0.15) is 10.8 Å². The molecule has 8 heteroatoms. The van der Waals surface area contributed by atoms with Crippen molar-refractivity contribution in [1.29, 1.82) is 0 Å². The van der Waals surface area contributed by atoms with E-state index < -0.39 is 18.0 Å². The molecule has 0 aliphatic rings. The van der Waals surface area contributed by atoms with E-state index in [0.717, 1.165) is 0 Å². The summed E-state index contributed by atoms with van der Waals surface area (Å²) >= 11 is 7.05. The second-order valence-corrected chi connectivity index (χ2v) is 5.69. The maximum atomic E-state index is 12.1. The van der Waals surface area contributed by atoms with Crippen LogP contribution >= 0.6 is 23.4 Å². The number of carbonyl (C=O) groups is 2. The Hall–Kier alpha value is -2.12. The summed E-state index contributed by atoms with van der Waals surface area (Å²) in [4.78, 5) is 32.2. The predicted molar refractivity (Wildman–Crippen MR) is 88.8 cm³/mol. The molecule has 2 aromatic heterocycles. The summed E-state index contributed by atoms with van der Waals surface area (Å²) in [5.41, 5.74) is 0.323. The van der Waals surface area contributed by atoms with Crippen molar-refractivity contribution >= 4 is 41.1 Å². The molecule has 2 aromatic rings. The number of amides is 1. The fraction of sp³-hybridized carbons (Fsp3) is 0.200. The van der Waals surface area contributed by atoms with E-state index in [1.165, 1.54) is 24.9 Å². The average molecular weight is 352 g/mol. The van der Waals surface area contributed by atoms with Gasteiger partial charge in [-0.1, -0.05) is 11.6 Å². The van der Waals surface area contributed by atoms with Gasteiger partial charge in [-0.05, 0) is 37.4 Å². The molecule has 0 radical (unpaired) electrons. The first-order valence-electron chi connectivity index (χ1n) is 6.63. The lowest BCUT2D eigenvalue weighted by atomic mass is 10.3. The Balaban J connectivity index is 2.00. The van der Waals surface area contributed by atoms with Gasteiger partial charge < -0.3 is 10.1 Å². The van der Waals surface area contributed by atoms with E-state index in [4.69, 9.17) is 16.3 Å². The normalized spacial score (nSPS) is 11.6. The minimum atomic E-state index is -0.977. The first kappa shape index (κ1) is 17.2. The molecule has 1 N–H and O–H groups in total. The van der Waals surface area contributed by atoms with Crippen molar-refractivity contribution in [2.24, 2.45) is 0 Å². The molecule has 0 spiro atoms. The van der Waals surface area contributed by atoms with Crippen molar-refractivity contribution in [2.75, 3.05) is 11.6 Å². The number of rotatable bonds is 5. The van der Waals surface area contributed by atoms with Crippen LogP contribution in [-0.2, 0) is 9.53 Å². The molecular formula is C15H14ClN3O3S. The van der Waals surface area contributed by atoms with Gasteiger partial charge in [-0.15, -0.1) is 11.8 Å². The third kappa shape index (κ3) is 4.67. The Labute approximate surface area is 142 Å². The van der Waals surface area contributed by atoms with Gasteiger partial charge in [-0.25, -0.2) is 14.8 Å². The standard InChI is InChI=1S/C15H14ClN3O3S/c1-9(13(20)19-12-6-5-10(16)8-18-12)22-15(21)11-4-3-7-17-14(11)23-2/h3-9H,1-2H3,(H,18,19,20)/t9-/m1/s1. The van der Waals surface area contributed by atoms with E-state index in [0.29, 0.717) is 21.4 Å². The number of nitrogens with zero attached hydrogens (tertiary/aromatic N) is 2. The lowest BCUT2D eigenvalue weighted by Crippen LogP contribution is -2.30. The molecule has 1 amide bonds. The molecule has 0 aliphatic carbocycles. The van der Waals surface area contributed by atoms with Crippen LogP contribution in [0.2, 0.25) is 5.02 Å². The molecule has 0 bridgehead atoms. The number of thioether (sulfide) groups is 1. The zero-order valence-corrected chi connectivity index (χ0v) is 14.0. The number of hydrogen-bond acceptors (Lipinski definition) is 6.